The Morgan fingerprint density at radius 2 is 1.66 bits per heavy atom. The van der Waals surface area contributed by atoms with Gasteiger partial charge in [-0.1, -0.05) is 86.5 Å². The number of nitrogen functional groups attached to an aromatic ring is 1. The number of ether oxygens (including phenoxy) is 2. The van der Waals surface area contributed by atoms with E-state index in [0.29, 0.717) is 35.9 Å². The summed E-state index contributed by atoms with van der Waals surface area (Å²) in [6.07, 6.45) is 2.46. The molecule has 47 heavy (non-hydrogen) atoms. The summed E-state index contributed by atoms with van der Waals surface area (Å²) in [5.74, 6) is 0.702. The number of hydrogen-bond donors (Lipinski definition) is 2. The van der Waals surface area contributed by atoms with Crippen molar-refractivity contribution < 1.29 is 27.9 Å². The van der Waals surface area contributed by atoms with Crippen LogP contribution in [0.5, 0.6) is 5.75 Å². The zero-order valence-corrected chi connectivity index (χ0v) is 27.9. The van der Waals surface area contributed by atoms with Gasteiger partial charge in [0.2, 0.25) is 0 Å². The minimum absolute atomic E-state index is 0.0238. The van der Waals surface area contributed by atoms with Gasteiger partial charge in [-0.25, -0.2) is 14.5 Å². The molecule has 3 N–H and O–H groups in total. The Hall–Kier alpha value is -4.28. The maximum atomic E-state index is 14.5. The van der Waals surface area contributed by atoms with E-state index in [0.717, 1.165) is 34.8 Å². The Labute approximate surface area is 275 Å². The molecule has 3 atom stereocenters. The second-order valence-corrected chi connectivity index (χ2v) is 12.9. The summed E-state index contributed by atoms with van der Waals surface area (Å²) in [5, 5.41) is 3.70. The summed E-state index contributed by atoms with van der Waals surface area (Å²) < 4.78 is 40.1. The fourth-order valence-corrected chi connectivity index (χ4v) is 6.85. The highest BCUT2D eigenvalue weighted by atomic mass is 31.2. The molecule has 11 nitrogen and oxygen atoms in total. The SMILES string of the molecule is CCCC[C@@H](CO[P@](=O)(N[C@@H](C)C(=O)OCc1ccccc1)Oc1ccccc1)n1c(COCC)nc2c(N)nc3ccccc3c21. The average molecular weight is 660 g/mol. The molecular weight excluding hydrogens is 617 g/mol. The molecule has 5 rings (SSSR count). The minimum Gasteiger partial charge on any atom is -0.460 e. The third-order valence-electron chi connectivity index (χ3n) is 7.65. The first-order chi connectivity index (χ1) is 22.8. The van der Waals surface area contributed by atoms with E-state index in [1.807, 2.05) is 67.6 Å². The number of anilines is 1. The van der Waals surface area contributed by atoms with Gasteiger partial charge < -0.3 is 24.3 Å². The van der Waals surface area contributed by atoms with E-state index >= 15 is 0 Å². The lowest BCUT2D eigenvalue weighted by Crippen LogP contribution is -2.35. The van der Waals surface area contributed by atoms with E-state index in [1.54, 1.807) is 31.2 Å². The quantitative estimate of drug-likeness (QED) is 0.0769. The Morgan fingerprint density at radius 3 is 2.38 bits per heavy atom. The van der Waals surface area contributed by atoms with E-state index in [-0.39, 0.29) is 25.9 Å². The van der Waals surface area contributed by atoms with Gasteiger partial charge in [0.25, 0.3) is 0 Å². The number of para-hydroxylation sites is 2. The van der Waals surface area contributed by atoms with E-state index in [4.69, 9.17) is 29.2 Å². The van der Waals surface area contributed by atoms with Crippen molar-refractivity contribution >= 4 is 41.5 Å². The van der Waals surface area contributed by atoms with Gasteiger partial charge in [0.05, 0.1) is 23.7 Å². The first-order valence-electron chi connectivity index (χ1n) is 15.9. The largest absolute Gasteiger partial charge is 0.460 e. The van der Waals surface area contributed by atoms with Gasteiger partial charge in [-0.2, -0.15) is 5.09 Å². The highest BCUT2D eigenvalue weighted by Crippen LogP contribution is 2.46. The fourth-order valence-electron chi connectivity index (χ4n) is 5.32. The zero-order valence-electron chi connectivity index (χ0n) is 27.0. The number of fused-ring (bicyclic) bond motifs is 3. The number of rotatable bonds is 17. The van der Waals surface area contributed by atoms with E-state index in [9.17, 15) is 9.36 Å². The molecule has 0 radical (unpaired) electrons. The molecule has 248 valence electrons. The monoisotopic (exact) mass is 659 g/mol. The van der Waals surface area contributed by atoms with Crippen molar-refractivity contribution in [2.45, 2.75) is 65.3 Å². The average Bonchev–Trinajstić information content (AvgIpc) is 3.47. The molecule has 0 amide bonds. The Bertz CT molecular complexity index is 1820. The maximum Gasteiger partial charge on any atom is 0.459 e. The number of imidazole rings is 1. The molecule has 0 bridgehead atoms. The van der Waals surface area contributed by atoms with Gasteiger partial charge in [0, 0.05) is 12.0 Å². The van der Waals surface area contributed by atoms with Gasteiger partial charge >= 0.3 is 13.7 Å². The van der Waals surface area contributed by atoms with E-state index in [2.05, 4.69) is 21.6 Å². The van der Waals surface area contributed by atoms with E-state index < -0.39 is 19.8 Å². The molecule has 0 aliphatic heterocycles. The van der Waals surface area contributed by atoms with Crippen molar-refractivity contribution in [1.29, 1.82) is 0 Å². The summed E-state index contributed by atoms with van der Waals surface area (Å²) in [5.41, 5.74) is 9.37. The number of nitrogens with one attached hydrogen (secondary N) is 1. The summed E-state index contributed by atoms with van der Waals surface area (Å²) >= 11 is 0. The molecule has 0 unspecified atom stereocenters. The van der Waals surface area contributed by atoms with Crippen LogP contribution in [0.15, 0.2) is 84.9 Å². The summed E-state index contributed by atoms with van der Waals surface area (Å²) in [6, 6.07) is 24.5. The maximum absolute atomic E-state index is 14.5. The van der Waals surface area contributed by atoms with Crippen LogP contribution >= 0.6 is 7.75 Å². The molecule has 2 heterocycles. The fraction of sp³-hybridized carbons (Fsp3) is 0.343. The number of carbonyl (C=O) groups is 1. The molecule has 0 saturated heterocycles. The van der Waals surface area contributed by atoms with Crippen molar-refractivity contribution in [2.75, 3.05) is 18.9 Å². The van der Waals surface area contributed by atoms with Crippen LogP contribution in [0, 0.1) is 0 Å². The number of unbranched alkanes of at least 4 members (excludes halogenated alkanes) is 1. The molecule has 0 aliphatic rings. The normalized spacial score (nSPS) is 14.1. The predicted octanol–water partition coefficient (Wildman–Crippen LogP) is 7.36. The Balaban J connectivity index is 1.47. The van der Waals surface area contributed by atoms with Crippen LogP contribution in [0.25, 0.3) is 21.9 Å². The molecule has 0 spiro atoms. The van der Waals surface area contributed by atoms with Crippen molar-refractivity contribution in [3.63, 3.8) is 0 Å². The number of nitrogens with two attached hydrogens (primary N) is 1. The lowest BCUT2D eigenvalue weighted by molar-refractivity contribution is -0.146. The minimum atomic E-state index is -4.14. The number of nitrogens with zero attached hydrogens (tertiary/aromatic N) is 3. The van der Waals surface area contributed by atoms with Crippen LogP contribution in [0.1, 0.15) is 57.5 Å². The standard InChI is InChI=1S/C35H42N5O6P/c1-4-6-17-27(40-31(24-43-5-2)38-32-33(40)29-20-13-14-21-30(29)37-34(32)36)23-45-47(42,46-28-18-11-8-12-19-28)39-25(3)35(41)44-22-26-15-9-7-10-16-26/h7-16,18-21,25,27H,4-6,17,22-24H2,1-3H3,(H2,36,37)(H,39,42)/t25-,27-,47+/m0/s1. The van der Waals surface area contributed by atoms with Gasteiger partial charge in [0.1, 0.15) is 36.3 Å². The third kappa shape index (κ3) is 8.55. The number of carbonyl (C=O) groups excluding carboxylic acids is 1. The molecule has 2 aromatic heterocycles. The number of hydrogen-bond acceptors (Lipinski definition) is 9. The van der Waals surface area contributed by atoms with Crippen LogP contribution in [0.2, 0.25) is 0 Å². The highest BCUT2D eigenvalue weighted by molar-refractivity contribution is 7.52. The summed E-state index contributed by atoms with van der Waals surface area (Å²) in [7, 11) is -4.14. The molecular formula is C35H42N5O6P. The molecule has 5 aromatic rings. The van der Waals surface area contributed by atoms with Crippen molar-refractivity contribution in [2.24, 2.45) is 0 Å². The first-order valence-corrected chi connectivity index (χ1v) is 17.5. The van der Waals surface area contributed by atoms with Crippen LogP contribution < -0.4 is 15.3 Å². The van der Waals surface area contributed by atoms with Gasteiger partial charge in [-0.15, -0.1) is 0 Å². The molecule has 12 heteroatoms. The van der Waals surface area contributed by atoms with Crippen molar-refractivity contribution in [3.8, 4) is 5.75 Å². The summed E-state index contributed by atoms with van der Waals surface area (Å²) in [6.45, 7) is 6.39. The lowest BCUT2D eigenvalue weighted by atomic mass is 10.1. The molecule has 3 aromatic carbocycles. The first kappa shape index (κ1) is 34.1. The highest BCUT2D eigenvalue weighted by Gasteiger charge is 2.34. The zero-order chi connectivity index (χ0) is 33.2. The van der Waals surface area contributed by atoms with Gasteiger partial charge in [-0.05, 0) is 44.0 Å². The number of aromatic nitrogens is 3. The van der Waals surface area contributed by atoms with Crippen LogP contribution in [-0.4, -0.2) is 39.8 Å². The Morgan fingerprint density at radius 1 is 0.957 bits per heavy atom. The van der Waals surface area contributed by atoms with E-state index in [1.165, 1.54) is 0 Å². The predicted molar refractivity (Wildman–Crippen MR) is 183 cm³/mol. The number of pyridine rings is 1. The van der Waals surface area contributed by atoms with Crippen molar-refractivity contribution in [3.05, 3.63) is 96.3 Å². The van der Waals surface area contributed by atoms with Crippen molar-refractivity contribution in [1.82, 2.24) is 19.6 Å². The molecule has 0 aliphatic carbocycles. The Kier molecular flexibility index (Phi) is 11.6. The van der Waals surface area contributed by atoms with Crippen LogP contribution in [0.4, 0.5) is 5.82 Å². The van der Waals surface area contributed by atoms with Gasteiger partial charge in [0.15, 0.2) is 5.82 Å². The van der Waals surface area contributed by atoms with Gasteiger partial charge in [-0.3, -0.25) is 9.32 Å². The number of esters is 1. The summed E-state index contributed by atoms with van der Waals surface area (Å²) in [4.78, 5) is 22.5. The second-order valence-electron chi connectivity index (χ2n) is 11.2. The topological polar surface area (TPSA) is 140 Å². The number of benzene rings is 3. The lowest BCUT2D eigenvalue weighted by Gasteiger charge is -2.27. The molecule has 0 saturated carbocycles. The second kappa shape index (κ2) is 16.0. The smallest absolute Gasteiger partial charge is 0.459 e. The van der Waals surface area contributed by atoms with Crippen LogP contribution in [0.3, 0.4) is 0 Å². The van der Waals surface area contributed by atoms with Crippen LogP contribution in [-0.2, 0) is 36.6 Å². The third-order valence-corrected chi connectivity index (χ3v) is 9.30. The molecule has 0 fully saturated rings.